The molecule has 0 amide bonds. The van der Waals surface area contributed by atoms with Gasteiger partial charge < -0.3 is 14.7 Å². The number of pyridine rings is 1. The van der Waals surface area contributed by atoms with Crippen LogP contribution in [0, 0.1) is 22.6 Å². The van der Waals surface area contributed by atoms with E-state index in [0.717, 1.165) is 51.1 Å². The molecule has 2 aromatic rings. The van der Waals surface area contributed by atoms with Gasteiger partial charge in [-0.15, -0.1) is 0 Å². The first kappa shape index (κ1) is 22.3. The van der Waals surface area contributed by atoms with Crippen LogP contribution < -0.4 is 4.74 Å². The van der Waals surface area contributed by atoms with Crippen molar-refractivity contribution in [2.45, 2.75) is 50.9 Å². The minimum absolute atomic E-state index is 0.0519. The average molecular weight is 453 g/mol. The van der Waals surface area contributed by atoms with Gasteiger partial charge in [0.2, 0.25) is 5.88 Å². The summed E-state index contributed by atoms with van der Waals surface area (Å²) in [5, 5.41) is 9.56. The first-order valence-electron chi connectivity index (χ1n) is 12.2. The fourth-order valence-electron chi connectivity index (χ4n) is 5.51. The van der Waals surface area contributed by atoms with Crippen LogP contribution in [0.1, 0.15) is 56.4 Å². The zero-order chi connectivity index (χ0) is 22.9. The summed E-state index contributed by atoms with van der Waals surface area (Å²) in [5.41, 5.74) is 0.989. The quantitative estimate of drug-likeness (QED) is 0.541. The topological polar surface area (TPSA) is 62.7 Å². The average Bonchev–Trinajstić information content (AvgIpc) is 3.76. The Bertz CT molecular complexity index is 953. The zero-order valence-corrected chi connectivity index (χ0v) is 19.1. The van der Waals surface area contributed by atoms with Crippen molar-refractivity contribution in [1.29, 1.82) is 0 Å². The molecule has 1 aliphatic heterocycles. The van der Waals surface area contributed by atoms with E-state index in [0.29, 0.717) is 24.9 Å². The van der Waals surface area contributed by atoms with E-state index >= 15 is 0 Å². The van der Waals surface area contributed by atoms with Crippen molar-refractivity contribution in [3.8, 4) is 5.88 Å². The predicted octanol–water partition coefficient (Wildman–Crippen LogP) is 5.13. The standard InChI is InChI=1S/C27H33FN2O3/c28-22-6-7-24(29-17-22)33-19-26(9-8-21-16-23(21)20-4-2-1-3-5-20)12-14-30(15-13-26)18-27(10-11-27)25(31)32/h1-7,17,21,23H,8-16,18-19H2,(H,31,32)/t21-,23?/m1/s1. The molecule has 0 bridgehead atoms. The molecule has 2 aliphatic carbocycles. The number of aromatic nitrogens is 1. The maximum atomic E-state index is 13.2. The molecule has 0 radical (unpaired) electrons. The molecule has 0 spiro atoms. The van der Waals surface area contributed by atoms with Gasteiger partial charge in [-0.2, -0.15) is 0 Å². The molecular formula is C27H33FN2O3. The van der Waals surface area contributed by atoms with Gasteiger partial charge in [0.15, 0.2) is 0 Å². The van der Waals surface area contributed by atoms with Crippen LogP contribution in [0.2, 0.25) is 0 Å². The Hall–Kier alpha value is -2.47. The van der Waals surface area contributed by atoms with Gasteiger partial charge in [-0.3, -0.25) is 4.79 Å². The van der Waals surface area contributed by atoms with E-state index < -0.39 is 11.4 Å². The van der Waals surface area contributed by atoms with Crippen molar-refractivity contribution in [1.82, 2.24) is 9.88 Å². The Morgan fingerprint density at radius 1 is 1.12 bits per heavy atom. The summed E-state index contributed by atoms with van der Waals surface area (Å²) in [6.07, 6.45) is 8.31. The van der Waals surface area contributed by atoms with Crippen LogP contribution in [0.3, 0.4) is 0 Å². The number of halogens is 1. The molecule has 2 atom stereocenters. The van der Waals surface area contributed by atoms with E-state index in [2.05, 4.69) is 40.2 Å². The van der Waals surface area contributed by atoms with Crippen LogP contribution in [-0.4, -0.2) is 47.2 Å². The zero-order valence-electron chi connectivity index (χ0n) is 19.1. The van der Waals surface area contributed by atoms with Gasteiger partial charge >= 0.3 is 5.97 Å². The molecule has 5 rings (SSSR count). The van der Waals surface area contributed by atoms with E-state index in [-0.39, 0.29) is 11.2 Å². The molecule has 6 heteroatoms. The highest BCUT2D eigenvalue weighted by Gasteiger charge is 2.52. The predicted molar refractivity (Wildman–Crippen MR) is 124 cm³/mol. The summed E-state index contributed by atoms with van der Waals surface area (Å²) in [6, 6.07) is 13.8. The van der Waals surface area contributed by atoms with E-state index in [1.54, 1.807) is 6.07 Å². The van der Waals surface area contributed by atoms with Crippen molar-refractivity contribution >= 4 is 5.97 Å². The van der Waals surface area contributed by atoms with E-state index in [4.69, 9.17) is 4.74 Å². The first-order chi connectivity index (χ1) is 16.0. The molecule has 1 N–H and O–H groups in total. The fourth-order valence-corrected chi connectivity index (χ4v) is 5.51. The lowest BCUT2D eigenvalue weighted by atomic mass is 9.74. The third-order valence-corrected chi connectivity index (χ3v) is 8.17. The maximum absolute atomic E-state index is 13.2. The smallest absolute Gasteiger partial charge is 0.310 e. The highest BCUT2D eigenvalue weighted by molar-refractivity contribution is 5.78. The van der Waals surface area contributed by atoms with Crippen LogP contribution in [0.4, 0.5) is 4.39 Å². The number of ether oxygens (including phenoxy) is 1. The monoisotopic (exact) mass is 452 g/mol. The number of carboxylic acids is 1. The molecule has 2 heterocycles. The van der Waals surface area contributed by atoms with Gasteiger partial charge in [0.25, 0.3) is 0 Å². The molecule has 3 fully saturated rings. The normalized spacial score (nSPS) is 25.4. The lowest BCUT2D eigenvalue weighted by molar-refractivity contribution is -0.144. The molecule has 1 aromatic heterocycles. The number of carboxylic acid groups (broad SMARTS) is 1. The molecule has 33 heavy (non-hydrogen) atoms. The molecule has 1 saturated heterocycles. The molecule has 3 aliphatic rings. The number of nitrogens with zero attached hydrogens (tertiary/aromatic N) is 2. The summed E-state index contributed by atoms with van der Waals surface area (Å²) >= 11 is 0. The molecule has 1 unspecified atom stereocenters. The third-order valence-electron chi connectivity index (χ3n) is 8.17. The highest BCUT2D eigenvalue weighted by atomic mass is 19.1. The number of carbonyl (C=O) groups is 1. The highest BCUT2D eigenvalue weighted by Crippen LogP contribution is 2.53. The number of aliphatic carboxylic acids is 1. The van der Waals surface area contributed by atoms with E-state index in [1.165, 1.54) is 30.7 Å². The van der Waals surface area contributed by atoms with Crippen molar-refractivity contribution in [3.05, 3.63) is 60.0 Å². The van der Waals surface area contributed by atoms with Crippen LogP contribution >= 0.6 is 0 Å². The van der Waals surface area contributed by atoms with Gasteiger partial charge in [0.05, 0.1) is 18.2 Å². The summed E-state index contributed by atoms with van der Waals surface area (Å²) in [4.78, 5) is 18.0. The second kappa shape index (κ2) is 9.05. The largest absolute Gasteiger partial charge is 0.481 e. The van der Waals surface area contributed by atoms with Crippen molar-refractivity contribution in [2.24, 2.45) is 16.7 Å². The lowest BCUT2D eigenvalue weighted by Crippen LogP contribution is -2.46. The Morgan fingerprint density at radius 2 is 1.88 bits per heavy atom. The summed E-state index contributed by atoms with van der Waals surface area (Å²) in [5.74, 6) is 0.861. The van der Waals surface area contributed by atoms with Gasteiger partial charge in [-0.25, -0.2) is 9.37 Å². The molecule has 1 aromatic carbocycles. The van der Waals surface area contributed by atoms with Crippen molar-refractivity contribution in [3.63, 3.8) is 0 Å². The molecule has 2 saturated carbocycles. The van der Waals surface area contributed by atoms with Crippen molar-refractivity contribution in [2.75, 3.05) is 26.2 Å². The van der Waals surface area contributed by atoms with Crippen LogP contribution in [-0.2, 0) is 4.79 Å². The summed E-state index contributed by atoms with van der Waals surface area (Å²) in [7, 11) is 0. The summed E-state index contributed by atoms with van der Waals surface area (Å²) < 4.78 is 19.3. The number of rotatable bonds is 10. The van der Waals surface area contributed by atoms with Gasteiger partial charge in [-0.1, -0.05) is 30.3 Å². The SMILES string of the molecule is O=C(O)C1(CN2CCC(CC[C@@H]3CC3c3ccccc3)(COc3ccc(F)cn3)CC2)CC1. The number of benzene rings is 1. The number of piperidine rings is 1. The Kier molecular flexibility index (Phi) is 6.12. The Morgan fingerprint density at radius 3 is 2.52 bits per heavy atom. The summed E-state index contributed by atoms with van der Waals surface area (Å²) in [6.45, 7) is 3.05. The Balaban J connectivity index is 1.20. The van der Waals surface area contributed by atoms with Gasteiger partial charge in [0, 0.05) is 18.0 Å². The molecular weight excluding hydrogens is 419 g/mol. The number of hydrogen-bond acceptors (Lipinski definition) is 4. The third kappa shape index (κ3) is 5.21. The Labute approximate surface area is 195 Å². The number of likely N-dealkylation sites (tertiary alicyclic amines) is 1. The number of hydrogen-bond donors (Lipinski definition) is 1. The second-order valence-electron chi connectivity index (χ2n) is 10.5. The molecule has 176 valence electrons. The van der Waals surface area contributed by atoms with E-state index in [9.17, 15) is 14.3 Å². The van der Waals surface area contributed by atoms with E-state index in [1.807, 2.05) is 0 Å². The fraction of sp³-hybridized carbons (Fsp3) is 0.556. The minimum Gasteiger partial charge on any atom is -0.481 e. The second-order valence-corrected chi connectivity index (χ2v) is 10.5. The first-order valence-corrected chi connectivity index (χ1v) is 12.2. The minimum atomic E-state index is -0.647. The van der Waals surface area contributed by atoms with Crippen LogP contribution in [0.15, 0.2) is 48.7 Å². The molecule has 5 nitrogen and oxygen atoms in total. The lowest BCUT2D eigenvalue weighted by Gasteiger charge is -2.42. The van der Waals surface area contributed by atoms with Gasteiger partial charge in [-0.05, 0) is 81.5 Å². The van der Waals surface area contributed by atoms with Crippen LogP contribution in [0.25, 0.3) is 0 Å². The van der Waals surface area contributed by atoms with Crippen molar-refractivity contribution < 1.29 is 19.0 Å². The maximum Gasteiger partial charge on any atom is 0.310 e. The van der Waals surface area contributed by atoms with Gasteiger partial charge in [0.1, 0.15) is 5.82 Å². The van der Waals surface area contributed by atoms with Crippen LogP contribution in [0.5, 0.6) is 5.88 Å².